The van der Waals surface area contributed by atoms with Crippen molar-refractivity contribution in [2.45, 2.75) is 6.42 Å². The molecule has 0 spiro atoms. The number of nitrogen functional groups attached to an aromatic ring is 1. The highest BCUT2D eigenvalue weighted by molar-refractivity contribution is 8.13. The number of amides is 3. The Kier molecular flexibility index (Phi) is 5.18. The highest BCUT2D eigenvalue weighted by Gasteiger charge is 2.26. The van der Waals surface area contributed by atoms with Crippen LogP contribution in [0, 0.1) is 0 Å². The summed E-state index contributed by atoms with van der Waals surface area (Å²) in [6.07, 6.45) is 0.364. The molecule has 2 rings (SSSR count). The number of nitrogens with zero attached hydrogens (tertiary/aromatic N) is 1. The van der Waals surface area contributed by atoms with E-state index < -0.39 is 5.91 Å². The van der Waals surface area contributed by atoms with Gasteiger partial charge in [0.05, 0.1) is 6.54 Å². The van der Waals surface area contributed by atoms with Crippen molar-refractivity contribution in [3.05, 3.63) is 29.8 Å². The predicted octanol–water partition coefficient (Wildman–Crippen LogP) is 0.754. The number of hydrogen-bond donors (Lipinski definition) is 2. The molecule has 1 aliphatic rings. The predicted molar refractivity (Wildman–Crippen MR) is 77.8 cm³/mol. The maximum Gasteiger partial charge on any atom is 0.288 e. The van der Waals surface area contributed by atoms with Gasteiger partial charge >= 0.3 is 0 Å². The van der Waals surface area contributed by atoms with Gasteiger partial charge in [-0.3, -0.25) is 24.7 Å². The van der Waals surface area contributed by atoms with E-state index in [4.69, 9.17) is 10.6 Å². The summed E-state index contributed by atoms with van der Waals surface area (Å²) in [7, 11) is 0. The number of ether oxygens (including phenoxy) is 1. The molecule has 0 aromatic heterocycles. The first kappa shape index (κ1) is 15.3. The number of rotatable bonds is 5. The molecule has 1 aromatic rings. The molecule has 7 nitrogen and oxygen atoms in total. The molecule has 0 bridgehead atoms. The second-order valence-corrected chi connectivity index (χ2v) is 5.31. The van der Waals surface area contributed by atoms with E-state index in [9.17, 15) is 14.4 Å². The summed E-state index contributed by atoms with van der Waals surface area (Å²) in [6.45, 7) is 0.365. The fourth-order valence-electron chi connectivity index (χ4n) is 1.82. The van der Waals surface area contributed by atoms with Gasteiger partial charge in [0.2, 0.25) is 5.91 Å². The Morgan fingerprint density at radius 3 is 2.95 bits per heavy atom. The monoisotopic (exact) mass is 309 g/mol. The Labute approximate surface area is 125 Å². The zero-order valence-electron chi connectivity index (χ0n) is 11.2. The molecule has 8 heteroatoms. The van der Waals surface area contributed by atoms with Crippen molar-refractivity contribution in [2.24, 2.45) is 5.84 Å². The Balaban J connectivity index is 1.90. The summed E-state index contributed by atoms with van der Waals surface area (Å²) in [5.41, 5.74) is 2.40. The molecule has 1 aromatic carbocycles. The second kappa shape index (κ2) is 7.09. The first-order valence-corrected chi connectivity index (χ1v) is 7.31. The number of imide groups is 1. The standard InChI is InChI=1S/C13H15N3O4S/c14-15-12(18)9-2-1-3-10(8-9)20-6-5-16-11(17)4-7-21-13(16)19/h1-3,8H,4-7,14H2,(H,15,18). The molecule has 3 N–H and O–H groups in total. The van der Waals surface area contributed by atoms with Crippen molar-refractivity contribution in [2.75, 3.05) is 18.9 Å². The topological polar surface area (TPSA) is 102 Å². The van der Waals surface area contributed by atoms with Crippen LogP contribution < -0.4 is 16.0 Å². The van der Waals surface area contributed by atoms with Crippen molar-refractivity contribution < 1.29 is 19.1 Å². The lowest BCUT2D eigenvalue weighted by Gasteiger charge is -2.23. The third kappa shape index (κ3) is 3.96. The number of nitrogens with one attached hydrogen (secondary N) is 1. The lowest BCUT2D eigenvalue weighted by molar-refractivity contribution is -0.127. The zero-order valence-corrected chi connectivity index (χ0v) is 12.0. The van der Waals surface area contributed by atoms with Crippen LogP contribution in [0.3, 0.4) is 0 Å². The summed E-state index contributed by atoms with van der Waals surface area (Å²) in [4.78, 5) is 35.7. The van der Waals surface area contributed by atoms with Gasteiger partial charge in [-0.05, 0) is 18.2 Å². The van der Waals surface area contributed by atoms with Crippen LogP contribution in [-0.2, 0) is 4.79 Å². The van der Waals surface area contributed by atoms with E-state index >= 15 is 0 Å². The van der Waals surface area contributed by atoms with Crippen molar-refractivity contribution in [3.8, 4) is 5.75 Å². The highest BCUT2D eigenvalue weighted by Crippen LogP contribution is 2.18. The first-order valence-electron chi connectivity index (χ1n) is 6.33. The zero-order chi connectivity index (χ0) is 15.2. The SMILES string of the molecule is NNC(=O)c1cccc(OCCN2C(=O)CCSC2=O)c1. The minimum Gasteiger partial charge on any atom is -0.492 e. The maximum absolute atomic E-state index is 11.6. The summed E-state index contributed by atoms with van der Waals surface area (Å²) in [5.74, 6) is 5.46. The fourth-order valence-corrected chi connectivity index (χ4v) is 2.62. The van der Waals surface area contributed by atoms with E-state index in [2.05, 4.69) is 0 Å². The Morgan fingerprint density at radius 2 is 2.24 bits per heavy atom. The van der Waals surface area contributed by atoms with Crippen LogP contribution in [0.25, 0.3) is 0 Å². The number of thioether (sulfide) groups is 1. The van der Waals surface area contributed by atoms with Gasteiger partial charge in [-0.1, -0.05) is 17.8 Å². The van der Waals surface area contributed by atoms with Crippen molar-refractivity contribution in [1.29, 1.82) is 0 Å². The molecule has 0 radical (unpaired) electrons. The van der Waals surface area contributed by atoms with E-state index in [1.807, 2.05) is 5.43 Å². The van der Waals surface area contributed by atoms with Gasteiger partial charge in [-0.2, -0.15) is 0 Å². The average Bonchev–Trinajstić information content (AvgIpc) is 2.50. The lowest BCUT2D eigenvalue weighted by Crippen LogP contribution is -2.40. The van der Waals surface area contributed by atoms with Gasteiger partial charge < -0.3 is 4.74 Å². The second-order valence-electron chi connectivity index (χ2n) is 4.26. The molecule has 1 aliphatic heterocycles. The molecule has 112 valence electrons. The third-order valence-electron chi connectivity index (χ3n) is 2.87. The van der Waals surface area contributed by atoms with Gasteiger partial charge in [0.25, 0.3) is 11.1 Å². The van der Waals surface area contributed by atoms with E-state index in [0.29, 0.717) is 23.5 Å². The number of hydrogen-bond acceptors (Lipinski definition) is 6. The van der Waals surface area contributed by atoms with Gasteiger partial charge in [-0.25, -0.2) is 5.84 Å². The van der Waals surface area contributed by atoms with E-state index in [1.54, 1.807) is 18.2 Å². The Bertz CT molecular complexity index is 548. The van der Waals surface area contributed by atoms with Gasteiger partial charge in [-0.15, -0.1) is 0 Å². The number of hydrazine groups is 1. The molecule has 0 atom stereocenters. The third-order valence-corrected chi connectivity index (χ3v) is 3.75. The lowest BCUT2D eigenvalue weighted by atomic mass is 10.2. The van der Waals surface area contributed by atoms with Crippen molar-refractivity contribution in [1.82, 2.24) is 10.3 Å². The smallest absolute Gasteiger partial charge is 0.288 e. The van der Waals surface area contributed by atoms with Crippen LogP contribution in [0.1, 0.15) is 16.8 Å². The van der Waals surface area contributed by atoms with E-state index in [-0.39, 0.29) is 24.3 Å². The molecule has 0 unspecified atom stereocenters. The van der Waals surface area contributed by atoms with Crippen molar-refractivity contribution >= 4 is 28.8 Å². The summed E-state index contributed by atoms with van der Waals surface area (Å²) < 4.78 is 5.46. The van der Waals surface area contributed by atoms with E-state index in [1.165, 1.54) is 11.0 Å². The quantitative estimate of drug-likeness (QED) is 0.473. The Morgan fingerprint density at radius 1 is 1.43 bits per heavy atom. The van der Waals surface area contributed by atoms with Crippen LogP contribution in [0.2, 0.25) is 0 Å². The number of carbonyl (C=O) groups excluding carboxylic acids is 3. The first-order chi connectivity index (χ1) is 10.1. The summed E-state index contributed by atoms with van der Waals surface area (Å²) >= 11 is 1.13. The highest BCUT2D eigenvalue weighted by atomic mass is 32.2. The molecule has 21 heavy (non-hydrogen) atoms. The molecule has 1 heterocycles. The summed E-state index contributed by atoms with van der Waals surface area (Å²) in [6, 6.07) is 6.48. The molecular weight excluding hydrogens is 294 g/mol. The molecule has 1 saturated heterocycles. The van der Waals surface area contributed by atoms with Crippen LogP contribution in [0.15, 0.2) is 24.3 Å². The number of nitrogens with two attached hydrogens (primary N) is 1. The van der Waals surface area contributed by atoms with Crippen LogP contribution in [-0.4, -0.2) is 40.9 Å². The average molecular weight is 309 g/mol. The minimum atomic E-state index is -0.418. The molecular formula is C13H15N3O4S. The van der Waals surface area contributed by atoms with Crippen LogP contribution >= 0.6 is 11.8 Å². The van der Waals surface area contributed by atoms with E-state index in [0.717, 1.165) is 11.8 Å². The summed E-state index contributed by atoms with van der Waals surface area (Å²) in [5, 5.41) is -0.244. The molecule has 0 saturated carbocycles. The number of benzene rings is 1. The largest absolute Gasteiger partial charge is 0.492 e. The fraction of sp³-hybridized carbons (Fsp3) is 0.308. The molecule has 1 fully saturated rings. The van der Waals surface area contributed by atoms with Crippen molar-refractivity contribution in [3.63, 3.8) is 0 Å². The Hall–Kier alpha value is -2.06. The van der Waals surface area contributed by atoms with Gasteiger partial charge in [0.15, 0.2) is 0 Å². The van der Waals surface area contributed by atoms with Gasteiger partial charge in [0, 0.05) is 17.7 Å². The van der Waals surface area contributed by atoms with Crippen LogP contribution in [0.4, 0.5) is 4.79 Å². The number of carbonyl (C=O) groups is 3. The van der Waals surface area contributed by atoms with Gasteiger partial charge in [0.1, 0.15) is 12.4 Å². The molecule has 3 amide bonds. The maximum atomic E-state index is 11.6. The van der Waals surface area contributed by atoms with Crippen LogP contribution in [0.5, 0.6) is 5.75 Å². The molecule has 0 aliphatic carbocycles. The normalized spacial score (nSPS) is 15.0. The minimum absolute atomic E-state index is 0.172.